The maximum Gasteiger partial charge on any atom is 0.105 e. The van der Waals surface area contributed by atoms with Gasteiger partial charge in [0, 0.05) is 11.5 Å². The molecule has 0 aliphatic heterocycles. The largest absolute Gasteiger partial charge is 1.00 e. The van der Waals surface area contributed by atoms with Gasteiger partial charge < -0.3 is 28.5 Å². The lowest BCUT2D eigenvalue weighted by Crippen LogP contribution is -3.00. The van der Waals surface area contributed by atoms with E-state index in [4.69, 9.17) is 23.2 Å². The highest BCUT2D eigenvalue weighted by atomic mass is 127. The molecule has 0 N–H and O–H groups in total. The Balaban J connectivity index is 0.00000338. The first kappa shape index (κ1) is 24.0. The van der Waals surface area contributed by atoms with Gasteiger partial charge in [0.15, 0.2) is 0 Å². The predicted molar refractivity (Wildman–Crippen MR) is 111 cm³/mol. The molecule has 0 heterocycles. The van der Waals surface area contributed by atoms with Crippen LogP contribution in [0, 0.1) is 11.3 Å². The Morgan fingerprint density at radius 3 is 2.46 bits per heavy atom. The van der Waals surface area contributed by atoms with Crippen molar-refractivity contribution in [3.63, 3.8) is 0 Å². The molecule has 4 heteroatoms. The van der Waals surface area contributed by atoms with E-state index >= 15 is 0 Å². The zero-order valence-corrected chi connectivity index (χ0v) is 20.5. The van der Waals surface area contributed by atoms with Crippen LogP contribution in [-0.4, -0.2) is 24.6 Å². The highest BCUT2D eigenvalue weighted by Gasteiger charge is 2.31. The summed E-state index contributed by atoms with van der Waals surface area (Å²) in [7, 11) is 4.54. The number of likely N-dealkylation sites (N-methyl/N-ethyl adjacent to an activating group) is 1. The number of benzene rings is 1. The lowest BCUT2D eigenvalue weighted by atomic mass is 9.68. The van der Waals surface area contributed by atoms with Crippen LogP contribution in [0.2, 0.25) is 10.0 Å². The number of halogens is 3. The third-order valence-corrected chi connectivity index (χ3v) is 6.59. The first-order valence-electron chi connectivity index (χ1n) is 9.14. The molecule has 0 radical (unpaired) electrons. The lowest BCUT2D eigenvalue weighted by molar-refractivity contribution is -0.919. The highest BCUT2D eigenvalue weighted by molar-refractivity contribution is 6.42. The summed E-state index contributed by atoms with van der Waals surface area (Å²) >= 11 is 12.2. The van der Waals surface area contributed by atoms with Crippen LogP contribution in [0.15, 0.2) is 42.0 Å². The maximum atomic E-state index is 6.17. The Morgan fingerprint density at radius 2 is 1.88 bits per heavy atom. The van der Waals surface area contributed by atoms with Gasteiger partial charge in [0.05, 0.1) is 24.1 Å². The lowest BCUT2D eigenvalue weighted by Gasteiger charge is -2.38. The predicted octanol–water partition coefficient (Wildman–Crippen LogP) is 3.90. The molecular weight excluding hydrogens is 476 g/mol. The minimum Gasteiger partial charge on any atom is -1.00 e. The summed E-state index contributed by atoms with van der Waals surface area (Å²) < 4.78 is 0.879. The maximum absolute atomic E-state index is 6.17. The second-order valence-corrected chi connectivity index (χ2v) is 9.58. The van der Waals surface area contributed by atoms with Gasteiger partial charge in [-0.05, 0) is 50.3 Å². The molecule has 0 bridgehead atoms. The summed E-state index contributed by atoms with van der Waals surface area (Å²) in [5.74, 6) is 0.536. The number of rotatable bonds is 5. The minimum atomic E-state index is 0. The first-order chi connectivity index (χ1) is 11.5. The molecule has 0 aromatic heterocycles. The van der Waals surface area contributed by atoms with Crippen molar-refractivity contribution < 1.29 is 28.5 Å². The number of quaternary nitrogens is 1. The van der Waals surface area contributed by atoms with Crippen LogP contribution in [0.25, 0.3) is 0 Å². The molecule has 26 heavy (non-hydrogen) atoms. The molecule has 0 amide bonds. The average Bonchev–Trinajstić information content (AvgIpc) is 2.49. The van der Waals surface area contributed by atoms with Crippen LogP contribution in [0.4, 0.5) is 0 Å². The van der Waals surface area contributed by atoms with Crippen molar-refractivity contribution in [2.45, 2.75) is 53.1 Å². The Morgan fingerprint density at radius 1 is 1.23 bits per heavy atom. The van der Waals surface area contributed by atoms with Gasteiger partial charge in [-0.25, -0.2) is 0 Å². The number of hydrogen-bond donors (Lipinski definition) is 0. The van der Waals surface area contributed by atoms with Gasteiger partial charge in [0.1, 0.15) is 12.6 Å². The fraction of sp³-hybridized carbons (Fsp3) is 0.545. The summed E-state index contributed by atoms with van der Waals surface area (Å²) in [6, 6.07) is 6.36. The molecule has 0 fully saturated rings. The van der Waals surface area contributed by atoms with E-state index in [9.17, 15) is 0 Å². The highest BCUT2D eigenvalue weighted by Crippen LogP contribution is 2.41. The third-order valence-electron chi connectivity index (χ3n) is 5.85. The summed E-state index contributed by atoms with van der Waals surface area (Å²) in [6.07, 6.45) is 9.70. The standard InChI is InChI=1S/C22H32Cl2N.HI/c1-16-8-7-13-22(3,4)19(16)11-9-17(2)25(5,6)15-18-10-12-20(23)21(24)14-18;/h8-12,14,17,19H,7,13,15H2,1-6H3;1H/q+1;/p-1/b11-9+;. The van der Waals surface area contributed by atoms with Gasteiger partial charge in [-0.2, -0.15) is 0 Å². The van der Waals surface area contributed by atoms with Crippen molar-refractivity contribution in [1.82, 2.24) is 0 Å². The number of nitrogens with zero attached hydrogens (tertiary/aromatic N) is 1. The van der Waals surface area contributed by atoms with Crippen LogP contribution in [0.5, 0.6) is 0 Å². The van der Waals surface area contributed by atoms with Crippen LogP contribution in [-0.2, 0) is 6.54 Å². The van der Waals surface area contributed by atoms with E-state index in [0.29, 0.717) is 27.4 Å². The zero-order chi connectivity index (χ0) is 18.8. The Labute approximate surface area is 187 Å². The van der Waals surface area contributed by atoms with Gasteiger partial charge in [-0.1, -0.05) is 60.8 Å². The van der Waals surface area contributed by atoms with Gasteiger partial charge in [0.2, 0.25) is 0 Å². The molecular formula is C22H32Cl2IN. The monoisotopic (exact) mass is 507 g/mol. The number of allylic oxidation sites excluding steroid dienone is 3. The van der Waals surface area contributed by atoms with E-state index in [1.54, 1.807) is 0 Å². The quantitative estimate of drug-likeness (QED) is 0.322. The second kappa shape index (κ2) is 9.45. The summed E-state index contributed by atoms with van der Waals surface area (Å²) in [6.45, 7) is 10.3. The van der Waals surface area contributed by atoms with Gasteiger partial charge in [-0.15, -0.1) is 0 Å². The summed E-state index contributed by atoms with van der Waals surface area (Å²) in [5, 5.41) is 1.25. The molecule has 2 atom stereocenters. The summed E-state index contributed by atoms with van der Waals surface area (Å²) in [4.78, 5) is 0. The Hall–Kier alpha value is -0.0300. The van der Waals surface area contributed by atoms with Crippen LogP contribution < -0.4 is 24.0 Å². The Kier molecular flexibility index (Phi) is 8.72. The SMILES string of the molecule is CC1=CCCC(C)(C)C1/C=C/C(C)[N+](C)(C)Cc1ccc(Cl)c(Cl)c1.[I-]. The molecule has 1 aliphatic carbocycles. The van der Waals surface area contributed by atoms with Crippen LogP contribution in [0.3, 0.4) is 0 Å². The van der Waals surface area contributed by atoms with E-state index in [-0.39, 0.29) is 24.0 Å². The smallest absolute Gasteiger partial charge is 0.105 e. The van der Waals surface area contributed by atoms with Crippen molar-refractivity contribution in [2.24, 2.45) is 11.3 Å². The van der Waals surface area contributed by atoms with E-state index in [0.717, 1.165) is 11.0 Å². The fourth-order valence-electron chi connectivity index (χ4n) is 3.74. The molecule has 1 nitrogen and oxygen atoms in total. The molecule has 2 unspecified atom stereocenters. The van der Waals surface area contributed by atoms with E-state index < -0.39 is 0 Å². The van der Waals surface area contributed by atoms with Crippen LogP contribution in [0.1, 0.15) is 46.1 Å². The van der Waals surface area contributed by atoms with Crippen molar-refractivity contribution >= 4 is 23.2 Å². The fourth-order valence-corrected chi connectivity index (χ4v) is 4.06. The molecule has 2 rings (SSSR count). The van der Waals surface area contributed by atoms with Crippen molar-refractivity contribution in [3.8, 4) is 0 Å². The van der Waals surface area contributed by atoms with Crippen LogP contribution >= 0.6 is 23.2 Å². The van der Waals surface area contributed by atoms with Gasteiger partial charge >= 0.3 is 0 Å². The Bertz CT molecular complexity index is 677. The molecule has 0 saturated heterocycles. The van der Waals surface area contributed by atoms with E-state index in [1.807, 2.05) is 12.1 Å². The van der Waals surface area contributed by atoms with Gasteiger partial charge in [-0.3, -0.25) is 0 Å². The first-order valence-corrected chi connectivity index (χ1v) is 9.90. The van der Waals surface area contributed by atoms with Crippen molar-refractivity contribution in [1.29, 1.82) is 0 Å². The number of hydrogen-bond acceptors (Lipinski definition) is 0. The topological polar surface area (TPSA) is 0 Å². The molecule has 146 valence electrons. The molecule has 1 aromatic rings. The van der Waals surface area contributed by atoms with E-state index in [2.05, 4.69) is 66.1 Å². The molecule has 0 spiro atoms. The molecule has 1 aromatic carbocycles. The van der Waals surface area contributed by atoms with Crippen molar-refractivity contribution in [3.05, 3.63) is 57.6 Å². The molecule has 1 aliphatic rings. The normalized spacial score (nSPS) is 21.2. The molecule has 0 saturated carbocycles. The summed E-state index contributed by atoms with van der Waals surface area (Å²) in [5.41, 5.74) is 3.07. The van der Waals surface area contributed by atoms with Crippen molar-refractivity contribution in [2.75, 3.05) is 14.1 Å². The van der Waals surface area contributed by atoms with Gasteiger partial charge in [0.25, 0.3) is 0 Å². The third kappa shape index (κ3) is 5.98. The second-order valence-electron chi connectivity index (χ2n) is 8.76. The van der Waals surface area contributed by atoms with E-state index in [1.165, 1.54) is 24.0 Å². The average molecular weight is 508 g/mol. The minimum absolute atomic E-state index is 0. The zero-order valence-electron chi connectivity index (χ0n) is 16.8.